The van der Waals surface area contributed by atoms with E-state index in [4.69, 9.17) is 10.5 Å². The van der Waals surface area contributed by atoms with Crippen molar-refractivity contribution in [3.63, 3.8) is 0 Å². The molecule has 2 saturated heterocycles. The van der Waals surface area contributed by atoms with Crippen LogP contribution >= 0.6 is 0 Å². The van der Waals surface area contributed by atoms with Gasteiger partial charge in [0.25, 0.3) is 0 Å². The Hall–Kier alpha value is -0.160. The minimum absolute atomic E-state index is 0.0347. The first-order valence-electron chi connectivity index (χ1n) is 5.81. The van der Waals surface area contributed by atoms with E-state index in [1.54, 1.807) is 0 Å². The Kier molecular flexibility index (Phi) is 3.03. The lowest BCUT2D eigenvalue weighted by atomic mass is 9.63. The summed E-state index contributed by atoms with van der Waals surface area (Å²) in [5.74, 6) is 0. The first kappa shape index (κ1) is 11.3. The molecule has 0 aromatic carbocycles. The molecule has 15 heavy (non-hydrogen) atoms. The predicted octanol–water partition coefficient (Wildman–Crippen LogP) is -0.191. The van der Waals surface area contributed by atoms with E-state index in [0.29, 0.717) is 6.54 Å². The number of piperidine rings is 1. The Morgan fingerprint density at radius 1 is 1.33 bits per heavy atom. The van der Waals surface area contributed by atoms with Gasteiger partial charge in [-0.15, -0.1) is 0 Å². The number of likely N-dealkylation sites (tertiary alicyclic amines) is 1. The number of aliphatic hydroxyl groups is 1. The molecular weight excluding hydrogens is 192 g/mol. The van der Waals surface area contributed by atoms with E-state index in [2.05, 4.69) is 11.9 Å². The Morgan fingerprint density at radius 2 is 2.00 bits per heavy atom. The van der Waals surface area contributed by atoms with Crippen LogP contribution in [-0.4, -0.2) is 55.5 Å². The number of nitrogens with zero attached hydrogens (tertiary/aromatic N) is 1. The highest BCUT2D eigenvalue weighted by atomic mass is 16.5. The normalized spacial score (nSPS) is 37.0. The zero-order chi connectivity index (χ0) is 10.9. The molecule has 1 atom stereocenters. The number of rotatable bonds is 1. The zero-order valence-corrected chi connectivity index (χ0v) is 9.54. The van der Waals surface area contributed by atoms with E-state index in [1.165, 1.54) is 0 Å². The zero-order valence-electron chi connectivity index (χ0n) is 9.54. The van der Waals surface area contributed by atoms with E-state index >= 15 is 0 Å². The van der Waals surface area contributed by atoms with Crippen molar-refractivity contribution in [2.24, 2.45) is 11.1 Å². The molecule has 4 nitrogen and oxygen atoms in total. The highest BCUT2D eigenvalue weighted by Gasteiger charge is 2.52. The van der Waals surface area contributed by atoms with E-state index in [0.717, 1.165) is 45.6 Å². The third-order valence-electron chi connectivity index (χ3n) is 4.25. The van der Waals surface area contributed by atoms with Gasteiger partial charge in [0.2, 0.25) is 0 Å². The molecule has 2 aliphatic rings. The molecule has 1 unspecified atom stereocenters. The largest absolute Gasteiger partial charge is 0.388 e. The van der Waals surface area contributed by atoms with Crippen LogP contribution in [0.2, 0.25) is 0 Å². The Morgan fingerprint density at radius 3 is 2.60 bits per heavy atom. The average molecular weight is 214 g/mol. The highest BCUT2D eigenvalue weighted by molar-refractivity contribution is 5.05. The van der Waals surface area contributed by atoms with E-state index in [-0.39, 0.29) is 5.41 Å². The van der Waals surface area contributed by atoms with Crippen LogP contribution in [0.4, 0.5) is 0 Å². The fraction of sp³-hybridized carbons (Fsp3) is 1.00. The molecule has 2 aliphatic heterocycles. The van der Waals surface area contributed by atoms with Crippen molar-refractivity contribution in [2.75, 3.05) is 39.9 Å². The fourth-order valence-electron chi connectivity index (χ4n) is 3.09. The van der Waals surface area contributed by atoms with Gasteiger partial charge in [-0.3, -0.25) is 0 Å². The second-order valence-corrected chi connectivity index (χ2v) is 5.12. The quantitative estimate of drug-likeness (QED) is 0.635. The van der Waals surface area contributed by atoms with Crippen LogP contribution in [0.3, 0.4) is 0 Å². The predicted molar refractivity (Wildman–Crippen MR) is 58.6 cm³/mol. The second-order valence-electron chi connectivity index (χ2n) is 5.12. The van der Waals surface area contributed by atoms with Crippen molar-refractivity contribution in [3.8, 4) is 0 Å². The molecule has 3 N–H and O–H groups in total. The molecule has 1 spiro atoms. The van der Waals surface area contributed by atoms with Crippen LogP contribution in [-0.2, 0) is 4.74 Å². The maximum absolute atomic E-state index is 10.7. The molecule has 0 saturated carbocycles. The topological polar surface area (TPSA) is 58.7 Å². The summed E-state index contributed by atoms with van der Waals surface area (Å²) >= 11 is 0. The Labute approximate surface area is 91.4 Å². The lowest BCUT2D eigenvalue weighted by Gasteiger charge is -2.54. The third-order valence-corrected chi connectivity index (χ3v) is 4.25. The summed E-state index contributed by atoms with van der Waals surface area (Å²) in [7, 11) is 2.12. The summed E-state index contributed by atoms with van der Waals surface area (Å²) in [6.07, 6.45) is 2.66. The first-order chi connectivity index (χ1) is 7.12. The van der Waals surface area contributed by atoms with E-state index in [1.807, 2.05) is 0 Å². The van der Waals surface area contributed by atoms with Crippen molar-refractivity contribution in [2.45, 2.75) is 24.9 Å². The van der Waals surface area contributed by atoms with Crippen LogP contribution in [0.5, 0.6) is 0 Å². The summed E-state index contributed by atoms with van der Waals surface area (Å²) in [5, 5.41) is 10.7. The van der Waals surface area contributed by atoms with Crippen LogP contribution < -0.4 is 5.73 Å². The molecule has 88 valence electrons. The van der Waals surface area contributed by atoms with Crippen LogP contribution in [0.1, 0.15) is 19.3 Å². The number of ether oxygens (including phenoxy) is 1. The molecular formula is C11H22N2O2. The van der Waals surface area contributed by atoms with Gasteiger partial charge in [0.1, 0.15) is 0 Å². The monoisotopic (exact) mass is 214 g/mol. The van der Waals surface area contributed by atoms with Crippen molar-refractivity contribution in [3.05, 3.63) is 0 Å². The molecule has 4 heteroatoms. The second kappa shape index (κ2) is 4.01. The molecule has 0 radical (unpaired) electrons. The smallest absolute Gasteiger partial charge is 0.0851 e. The minimum Gasteiger partial charge on any atom is -0.388 e. The molecule has 0 aliphatic carbocycles. The first-order valence-corrected chi connectivity index (χ1v) is 5.81. The van der Waals surface area contributed by atoms with Gasteiger partial charge in [0.05, 0.1) is 5.60 Å². The Balaban J connectivity index is 2.21. The van der Waals surface area contributed by atoms with Crippen molar-refractivity contribution < 1.29 is 9.84 Å². The van der Waals surface area contributed by atoms with Crippen LogP contribution in [0.25, 0.3) is 0 Å². The summed E-state index contributed by atoms with van der Waals surface area (Å²) in [6, 6.07) is 0. The SMILES string of the molecule is CN1CCC(O)(CN)C2(CCOCC2)C1. The summed E-state index contributed by atoms with van der Waals surface area (Å²) in [4.78, 5) is 2.30. The van der Waals surface area contributed by atoms with Crippen LogP contribution in [0.15, 0.2) is 0 Å². The van der Waals surface area contributed by atoms with Gasteiger partial charge in [-0.1, -0.05) is 0 Å². The summed E-state index contributed by atoms with van der Waals surface area (Å²) in [6.45, 7) is 3.79. The van der Waals surface area contributed by atoms with Gasteiger partial charge in [-0.2, -0.15) is 0 Å². The third kappa shape index (κ3) is 1.80. The van der Waals surface area contributed by atoms with Gasteiger partial charge in [0.15, 0.2) is 0 Å². The van der Waals surface area contributed by atoms with Gasteiger partial charge in [-0.05, 0) is 26.3 Å². The molecule has 0 bridgehead atoms. The van der Waals surface area contributed by atoms with Gasteiger partial charge < -0.3 is 20.5 Å². The van der Waals surface area contributed by atoms with Gasteiger partial charge >= 0.3 is 0 Å². The molecule has 0 aromatic heterocycles. The van der Waals surface area contributed by atoms with Gasteiger partial charge in [0, 0.05) is 38.3 Å². The van der Waals surface area contributed by atoms with Crippen LogP contribution in [0, 0.1) is 5.41 Å². The van der Waals surface area contributed by atoms with Crippen molar-refractivity contribution >= 4 is 0 Å². The van der Waals surface area contributed by atoms with Crippen molar-refractivity contribution in [1.29, 1.82) is 0 Å². The maximum atomic E-state index is 10.7. The average Bonchev–Trinajstić information content (AvgIpc) is 2.26. The molecule has 0 amide bonds. The number of hydrogen-bond acceptors (Lipinski definition) is 4. The molecule has 0 aromatic rings. The number of nitrogens with two attached hydrogens (primary N) is 1. The lowest BCUT2D eigenvalue weighted by molar-refractivity contribution is -0.163. The lowest BCUT2D eigenvalue weighted by Crippen LogP contribution is -2.64. The summed E-state index contributed by atoms with van der Waals surface area (Å²) < 4.78 is 5.40. The molecule has 2 fully saturated rings. The Bertz CT molecular complexity index is 229. The van der Waals surface area contributed by atoms with E-state index < -0.39 is 5.60 Å². The maximum Gasteiger partial charge on any atom is 0.0851 e. The van der Waals surface area contributed by atoms with Gasteiger partial charge in [-0.25, -0.2) is 0 Å². The molecule has 2 rings (SSSR count). The fourth-order valence-corrected chi connectivity index (χ4v) is 3.09. The standard InChI is InChI=1S/C11H22N2O2/c1-13-5-2-11(14,8-12)10(9-13)3-6-15-7-4-10/h14H,2-9,12H2,1H3. The van der Waals surface area contributed by atoms with E-state index in [9.17, 15) is 5.11 Å². The number of hydrogen-bond donors (Lipinski definition) is 2. The molecule has 2 heterocycles. The highest BCUT2D eigenvalue weighted by Crippen LogP contribution is 2.45. The van der Waals surface area contributed by atoms with Crippen molar-refractivity contribution in [1.82, 2.24) is 4.90 Å². The minimum atomic E-state index is -0.677. The summed E-state index contributed by atoms with van der Waals surface area (Å²) in [5.41, 5.74) is 5.07.